The second-order valence-electron chi connectivity index (χ2n) is 10.7. The molecule has 3 aliphatic rings. The molecular weight excluding hydrogens is 494 g/mol. The standard InChI is InChI=1S/C24H30F2N4O5S/c1-24(2,3)35-23(31)27-20-9-16(13-34-22(20)18-8-15(25)4-7-19(18)26)29-10-14-11-30(28-21(14)12-29)36(32,33)17-5-6-17/h4,7-8,11,16-17,20,22H,5-6,9-10,12-13H2,1-3H3,(H,27,31)/t16-,20+,22-/m1/s1. The Hall–Kier alpha value is -2.57. The number of ether oxygens (including phenoxy) is 2. The van der Waals surface area contributed by atoms with Gasteiger partial charge in [-0.3, -0.25) is 4.90 Å². The Kier molecular flexibility index (Phi) is 6.32. The zero-order valence-corrected chi connectivity index (χ0v) is 21.2. The van der Waals surface area contributed by atoms with Crippen LogP contribution in [0.15, 0.2) is 24.4 Å². The van der Waals surface area contributed by atoms with E-state index in [0.717, 1.165) is 27.8 Å². The summed E-state index contributed by atoms with van der Waals surface area (Å²) in [6.45, 7) is 6.33. The first-order valence-corrected chi connectivity index (χ1v) is 13.5. The van der Waals surface area contributed by atoms with Crippen LogP contribution in [0.2, 0.25) is 0 Å². The first-order chi connectivity index (χ1) is 16.9. The van der Waals surface area contributed by atoms with Gasteiger partial charge in [-0.15, -0.1) is 0 Å². The van der Waals surface area contributed by atoms with Crippen LogP contribution in [0.5, 0.6) is 0 Å². The van der Waals surface area contributed by atoms with Gasteiger partial charge in [0.2, 0.25) is 0 Å². The number of alkyl carbamates (subject to hydrolysis) is 1. The van der Waals surface area contributed by atoms with Crippen LogP contribution >= 0.6 is 0 Å². The summed E-state index contributed by atoms with van der Waals surface area (Å²) in [5.41, 5.74) is 0.812. The minimum absolute atomic E-state index is 0.0285. The highest BCUT2D eigenvalue weighted by Crippen LogP contribution is 2.36. The number of benzene rings is 1. The Morgan fingerprint density at radius 2 is 1.97 bits per heavy atom. The molecule has 1 aromatic heterocycles. The molecule has 1 aromatic carbocycles. The largest absolute Gasteiger partial charge is 0.444 e. The quantitative estimate of drug-likeness (QED) is 0.641. The molecule has 1 aliphatic carbocycles. The van der Waals surface area contributed by atoms with Gasteiger partial charge in [0.25, 0.3) is 10.0 Å². The smallest absolute Gasteiger partial charge is 0.407 e. The molecule has 2 fully saturated rings. The molecule has 3 heterocycles. The van der Waals surface area contributed by atoms with E-state index in [9.17, 15) is 22.0 Å². The maximum Gasteiger partial charge on any atom is 0.407 e. The lowest BCUT2D eigenvalue weighted by Gasteiger charge is -2.40. The predicted octanol–water partition coefficient (Wildman–Crippen LogP) is 3.24. The summed E-state index contributed by atoms with van der Waals surface area (Å²) in [6.07, 6.45) is 1.72. The Balaban J connectivity index is 1.32. The molecule has 0 unspecified atom stereocenters. The van der Waals surface area contributed by atoms with Gasteiger partial charge in [-0.25, -0.2) is 22.0 Å². The van der Waals surface area contributed by atoms with Gasteiger partial charge in [0.1, 0.15) is 23.3 Å². The van der Waals surface area contributed by atoms with Crippen LogP contribution < -0.4 is 5.32 Å². The maximum atomic E-state index is 14.6. The minimum atomic E-state index is -3.43. The van der Waals surface area contributed by atoms with Crippen molar-refractivity contribution in [2.24, 2.45) is 0 Å². The highest BCUT2D eigenvalue weighted by atomic mass is 32.2. The van der Waals surface area contributed by atoms with E-state index in [1.165, 1.54) is 0 Å². The van der Waals surface area contributed by atoms with E-state index >= 15 is 0 Å². The van der Waals surface area contributed by atoms with Crippen LogP contribution in [0.3, 0.4) is 0 Å². The number of nitrogens with one attached hydrogen (secondary N) is 1. The van der Waals surface area contributed by atoms with Crippen molar-refractivity contribution >= 4 is 16.1 Å². The zero-order valence-electron chi connectivity index (χ0n) is 20.4. The topological polar surface area (TPSA) is 103 Å². The van der Waals surface area contributed by atoms with Gasteiger partial charge in [-0.05, 0) is 58.2 Å². The van der Waals surface area contributed by atoms with E-state index < -0.39 is 45.5 Å². The van der Waals surface area contributed by atoms with Crippen molar-refractivity contribution in [2.75, 3.05) is 6.61 Å². The number of hydrogen-bond donors (Lipinski definition) is 1. The lowest BCUT2D eigenvalue weighted by molar-refractivity contribution is -0.0629. The van der Waals surface area contributed by atoms with E-state index in [2.05, 4.69) is 15.3 Å². The molecule has 0 spiro atoms. The molecule has 9 nitrogen and oxygen atoms in total. The lowest BCUT2D eigenvalue weighted by atomic mass is 9.92. The summed E-state index contributed by atoms with van der Waals surface area (Å²) in [5, 5.41) is 6.77. The molecule has 196 valence electrons. The highest BCUT2D eigenvalue weighted by molar-refractivity contribution is 7.90. The van der Waals surface area contributed by atoms with Crippen molar-refractivity contribution < 1.29 is 31.5 Å². The average molecular weight is 525 g/mol. The van der Waals surface area contributed by atoms with Gasteiger partial charge < -0.3 is 14.8 Å². The number of rotatable bonds is 5. The van der Waals surface area contributed by atoms with Gasteiger partial charge in [0, 0.05) is 36.5 Å². The van der Waals surface area contributed by atoms with Crippen molar-refractivity contribution in [3.05, 3.63) is 52.9 Å². The number of carbonyl (C=O) groups excluding carboxylic acids is 1. The third-order valence-corrected chi connectivity index (χ3v) is 8.65. The fraction of sp³-hybridized carbons (Fsp3) is 0.583. The lowest BCUT2D eigenvalue weighted by Crippen LogP contribution is -2.52. The number of halogens is 2. The molecule has 36 heavy (non-hydrogen) atoms. The molecule has 3 atom stereocenters. The number of amides is 1. The van der Waals surface area contributed by atoms with Gasteiger partial charge in [0.15, 0.2) is 0 Å². The van der Waals surface area contributed by atoms with Gasteiger partial charge in [-0.1, -0.05) is 0 Å². The Morgan fingerprint density at radius 1 is 1.22 bits per heavy atom. The van der Waals surface area contributed by atoms with Crippen LogP contribution in [0.25, 0.3) is 0 Å². The first-order valence-electron chi connectivity index (χ1n) is 12.0. The number of nitrogens with zero attached hydrogens (tertiary/aromatic N) is 3. The van der Waals surface area contributed by atoms with Crippen LogP contribution in [0.4, 0.5) is 13.6 Å². The van der Waals surface area contributed by atoms with E-state index in [0.29, 0.717) is 38.0 Å². The van der Waals surface area contributed by atoms with E-state index in [4.69, 9.17) is 9.47 Å². The van der Waals surface area contributed by atoms with Crippen LogP contribution in [0, 0.1) is 11.6 Å². The van der Waals surface area contributed by atoms with Crippen molar-refractivity contribution in [3.63, 3.8) is 0 Å². The van der Waals surface area contributed by atoms with E-state index in [-0.39, 0.29) is 23.5 Å². The van der Waals surface area contributed by atoms with Crippen LogP contribution in [0.1, 0.15) is 63.0 Å². The summed E-state index contributed by atoms with van der Waals surface area (Å²) in [5.74, 6) is -1.22. The minimum Gasteiger partial charge on any atom is -0.444 e. The average Bonchev–Trinajstić information content (AvgIpc) is 3.45. The summed E-state index contributed by atoms with van der Waals surface area (Å²) >= 11 is 0. The normalized spacial score (nSPS) is 25.0. The maximum absolute atomic E-state index is 14.6. The second kappa shape index (κ2) is 9.07. The zero-order chi connectivity index (χ0) is 25.8. The molecule has 0 radical (unpaired) electrons. The molecule has 12 heteroatoms. The highest BCUT2D eigenvalue weighted by Gasteiger charge is 2.42. The second-order valence-corrected chi connectivity index (χ2v) is 12.8. The Bertz CT molecular complexity index is 1250. The number of carbonyl (C=O) groups is 1. The van der Waals surface area contributed by atoms with E-state index in [1.807, 2.05) is 0 Å². The molecule has 0 bridgehead atoms. The SMILES string of the molecule is CC(C)(C)OC(=O)N[C@H]1C[C@@H](N2Cc3cn(S(=O)(=O)C4CC4)nc3C2)CO[C@@H]1c1cc(F)ccc1F. The molecule has 2 aromatic rings. The fourth-order valence-electron chi connectivity index (χ4n) is 4.76. The van der Waals surface area contributed by atoms with Crippen molar-refractivity contribution in [2.45, 2.75) is 82.2 Å². The Morgan fingerprint density at radius 3 is 2.64 bits per heavy atom. The molecular formula is C24H30F2N4O5S. The predicted molar refractivity (Wildman–Crippen MR) is 125 cm³/mol. The molecule has 1 amide bonds. The van der Waals surface area contributed by atoms with Gasteiger partial charge in [-0.2, -0.15) is 9.19 Å². The fourth-order valence-corrected chi connectivity index (χ4v) is 6.29. The molecule has 2 aliphatic heterocycles. The first kappa shape index (κ1) is 25.1. The molecule has 1 saturated carbocycles. The number of hydrogen-bond acceptors (Lipinski definition) is 7. The molecule has 1 saturated heterocycles. The Labute approximate surface area is 208 Å². The summed E-state index contributed by atoms with van der Waals surface area (Å²) < 4.78 is 66.1. The monoisotopic (exact) mass is 524 g/mol. The van der Waals surface area contributed by atoms with Gasteiger partial charge in [0.05, 0.1) is 23.6 Å². The molecule has 5 rings (SSSR count). The van der Waals surface area contributed by atoms with Crippen molar-refractivity contribution in [1.82, 2.24) is 19.4 Å². The van der Waals surface area contributed by atoms with Crippen LogP contribution in [-0.2, 0) is 32.6 Å². The van der Waals surface area contributed by atoms with Crippen molar-refractivity contribution in [1.29, 1.82) is 0 Å². The third kappa shape index (κ3) is 5.12. The molecule has 1 N–H and O–H groups in total. The summed E-state index contributed by atoms with van der Waals surface area (Å²) in [7, 11) is -3.43. The van der Waals surface area contributed by atoms with Gasteiger partial charge >= 0.3 is 6.09 Å². The number of fused-ring (bicyclic) bond motifs is 1. The van der Waals surface area contributed by atoms with E-state index in [1.54, 1.807) is 27.0 Å². The summed E-state index contributed by atoms with van der Waals surface area (Å²) in [4.78, 5) is 14.7. The third-order valence-electron chi connectivity index (χ3n) is 6.63. The van der Waals surface area contributed by atoms with Crippen molar-refractivity contribution in [3.8, 4) is 0 Å². The summed E-state index contributed by atoms with van der Waals surface area (Å²) in [6, 6.07) is 2.31. The number of aromatic nitrogens is 2. The van der Waals surface area contributed by atoms with Crippen LogP contribution in [-0.4, -0.2) is 58.1 Å².